The Labute approximate surface area is 206 Å². The van der Waals surface area contributed by atoms with E-state index in [0.717, 1.165) is 12.1 Å². The molecule has 36 heavy (non-hydrogen) atoms. The molecule has 4 aromatic rings. The van der Waals surface area contributed by atoms with E-state index in [1.54, 1.807) is 25.1 Å². The van der Waals surface area contributed by atoms with Crippen molar-refractivity contribution in [3.8, 4) is 23.0 Å². The van der Waals surface area contributed by atoms with Crippen LogP contribution in [-0.4, -0.2) is 42.7 Å². The van der Waals surface area contributed by atoms with Gasteiger partial charge in [0.1, 0.15) is 23.9 Å². The van der Waals surface area contributed by atoms with Crippen LogP contribution in [0.1, 0.15) is 17.3 Å². The minimum absolute atomic E-state index is 0.0865. The van der Waals surface area contributed by atoms with Crippen molar-refractivity contribution in [2.45, 2.75) is 6.92 Å². The molecule has 0 saturated heterocycles. The minimum atomic E-state index is -0.988. The third-order valence-electron chi connectivity index (χ3n) is 5.09. The highest BCUT2D eigenvalue weighted by molar-refractivity contribution is 6.06. The molecule has 4 rings (SSSR count). The number of fused-ring (bicyclic) bond motifs is 1. The Kier molecular flexibility index (Phi) is 7.86. The molecule has 0 radical (unpaired) electrons. The number of halogens is 2. The molecule has 0 fully saturated rings. The third kappa shape index (κ3) is 5.66. The number of pyridine rings is 2. The molecule has 8 nitrogen and oxygen atoms in total. The van der Waals surface area contributed by atoms with Crippen LogP contribution in [0.4, 0.5) is 14.5 Å². The van der Waals surface area contributed by atoms with E-state index in [2.05, 4.69) is 20.6 Å². The van der Waals surface area contributed by atoms with Crippen LogP contribution < -0.4 is 24.8 Å². The number of anilines is 1. The van der Waals surface area contributed by atoms with E-state index in [0.29, 0.717) is 42.2 Å². The maximum Gasteiger partial charge on any atom is 0.261 e. The monoisotopic (exact) mass is 494 g/mol. The fourth-order valence-corrected chi connectivity index (χ4v) is 3.42. The molecule has 0 spiro atoms. The molecule has 10 heteroatoms. The number of hydrogen-bond donors (Lipinski definition) is 2. The standard InChI is InChI=1S/C26H24F2N4O4/c1-3-34-23-6-8-30-15-19(23)26(33)32-16-12-20(27)25(21(28)13-16)36-24-7-9-31-22-14-17(4-5-18(22)24)35-11-10-29-2/h4-9,12-15,29H,3,10-11H2,1-2H3,(H,32,33). The predicted octanol–water partition coefficient (Wildman–Crippen LogP) is 4.95. The molecular formula is C26H24F2N4O4. The molecule has 0 atom stereocenters. The molecule has 0 aliphatic carbocycles. The fraction of sp³-hybridized carbons (Fsp3) is 0.192. The minimum Gasteiger partial charge on any atom is -0.493 e. The number of nitrogens with zero attached hydrogens (tertiary/aromatic N) is 2. The number of ether oxygens (including phenoxy) is 3. The fourth-order valence-electron chi connectivity index (χ4n) is 3.42. The lowest BCUT2D eigenvalue weighted by atomic mass is 10.2. The van der Waals surface area contributed by atoms with Crippen LogP contribution in [0.2, 0.25) is 0 Å². The van der Waals surface area contributed by atoms with Crippen LogP contribution in [0.5, 0.6) is 23.0 Å². The predicted molar refractivity (Wildman–Crippen MR) is 131 cm³/mol. The van der Waals surface area contributed by atoms with Gasteiger partial charge in [-0.15, -0.1) is 0 Å². The Morgan fingerprint density at radius 1 is 1.00 bits per heavy atom. The number of hydrogen-bond acceptors (Lipinski definition) is 7. The van der Waals surface area contributed by atoms with Crippen LogP contribution >= 0.6 is 0 Å². The van der Waals surface area contributed by atoms with Crippen molar-refractivity contribution in [3.05, 3.63) is 78.3 Å². The Bertz CT molecular complexity index is 1360. The van der Waals surface area contributed by atoms with E-state index in [4.69, 9.17) is 14.2 Å². The largest absolute Gasteiger partial charge is 0.493 e. The Balaban J connectivity index is 1.55. The van der Waals surface area contributed by atoms with Gasteiger partial charge in [-0.1, -0.05) is 0 Å². The zero-order valence-electron chi connectivity index (χ0n) is 19.7. The summed E-state index contributed by atoms with van der Waals surface area (Å²) in [5.74, 6) is -2.06. The van der Waals surface area contributed by atoms with Gasteiger partial charge in [0.15, 0.2) is 17.4 Å². The summed E-state index contributed by atoms with van der Waals surface area (Å²) < 4.78 is 46.4. The molecule has 0 unspecified atom stereocenters. The third-order valence-corrected chi connectivity index (χ3v) is 5.09. The molecule has 2 aromatic carbocycles. The molecule has 186 valence electrons. The topological polar surface area (TPSA) is 94.6 Å². The summed E-state index contributed by atoms with van der Waals surface area (Å²) in [6.07, 6.45) is 4.27. The van der Waals surface area contributed by atoms with Crippen LogP contribution in [0.15, 0.2) is 61.1 Å². The lowest BCUT2D eigenvalue weighted by Crippen LogP contribution is -2.15. The van der Waals surface area contributed by atoms with Crippen molar-refractivity contribution in [3.63, 3.8) is 0 Å². The van der Waals surface area contributed by atoms with E-state index >= 15 is 0 Å². The average molecular weight is 494 g/mol. The van der Waals surface area contributed by atoms with Gasteiger partial charge in [-0.25, -0.2) is 8.78 Å². The summed E-state index contributed by atoms with van der Waals surface area (Å²) >= 11 is 0. The quantitative estimate of drug-likeness (QED) is 0.301. The van der Waals surface area contributed by atoms with Crippen LogP contribution in [0.25, 0.3) is 10.9 Å². The van der Waals surface area contributed by atoms with Gasteiger partial charge in [-0.05, 0) is 38.2 Å². The normalized spacial score (nSPS) is 10.8. The Hall–Kier alpha value is -4.31. The lowest BCUT2D eigenvalue weighted by Gasteiger charge is -2.13. The highest BCUT2D eigenvalue weighted by Gasteiger charge is 2.18. The highest BCUT2D eigenvalue weighted by Crippen LogP contribution is 2.35. The summed E-state index contributed by atoms with van der Waals surface area (Å²) in [6, 6.07) is 10.2. The first-order chi connectivity index (χ1) is 17.5. The molecule has 2 heterocycles. The van der Waals surface area contributed by atoms with E-state index < -0.39 is 23.3 Å². The maximum absolute atomic E-state index is 14.9. The second kappa shape index (κ2) is 11.4. The van der Waals surface area contributed by atoms with Crippen molar-refractivity contribution in [1.82, 2.24) is 15.3 Å². The van der Waals surface area contributed by atoms with E-state index in [9.17, 15) is 13.6 Å². The van der Waals surface area contributed by atoms with E-state index in [1.165, 1.54) is 30.7 Å². The van der Waals surface area contributed by atoms with Gasteiger partial charge in [0, 0.05) is 54.4 Å². The number of carbonyl (C=O) groups excluding carboxylic acids is 1. The molecule has 2 aromatic heterocycles. The SMILES string of the molecule is CCOc1ccncc1C(=O)Nc1cc(F)c(Oc2ccnc3cc(OCCNC)ccc23)c(F)c1. The summed E-state index contributed by atoms with van der Waals surface area (Å²) in [4.78, 5) is 20.8. The number of aromatic nitrogens is 2. The first-order valence-corrected chi connectivity index (χ1v) is 11.2. The maximum atomic E-state index is 14.9. The number of carbonyl (C=O) groups is 1. The van der Waals surface area contributed by atoms with Crippen molar-refractivity contribution < 1.29 is 27.8 Å². The zero-order chi connectivity index (χ0) is 25.5. The van der Waals surface area contributed by atoms with Crippen LogP contribution in [0.3, 0.4) is 0 Å². The van der Waals surface area contributed by atoms with Gasteiger partial charge in [-0.3, -0.25) is 14.8 Å². The van der Waals surface area contributed by atoms with Crippen LogP contribution in [-0.2, 0) is 0 Å². The van der Waals surface area contributed by atoms with E-state index in [1.807, 2.05) is 7.05 Å². The van der Waals surface area contributed by atoms with Gasteiger partial charge >= 0.3 is 0 Å². The number of likely N-dealkylation sites (N-methyl/N-ethyl adjacent to an activating group) is 1. The van der Waals surface area contributed by atoms with Gasteiger partial charge < -0.3 is 24.8 Å². The number of nitrogens with one attached hydrogen (secondary N) is 2. The molecule has 0 saturated carbocycles. The second-order valence-corrected chi connectivity index (χ2v) is 7.57. The smallest absolute Gasteiger partial charge is 0.261 e. The first-order valence-electron chi connectivity index (χ1n) is 11.2. The first kappa shape index (κ1) is 24.8. The van der Waals surface area contributed by atoms with Crippen molar-refractivity contribution in [2.75, 3.05) is 32.1 Å². The van der Waals surface area contributed by atoms with Crippen molar-refractivity contribution in [2.24, 2.45) is 0 Å². The second-order valence-electron chi connectivity index (χ2n) is 7.57. The van der Waals surface area contributed by atoms with Crippen molar-refractivity contribution >= 4 is 22.5 Å². The Morgan fingerprint density at radius 3 is 2.53 bits per heavy atom. The van der Waals surface area contributed by atoms with E-state index in [-0.39, 0.29) is 17.0 Å². The molecule has 0 bridgehead atoms. The zero-order valence-corrected chi connectivity index (χ0v) is 19.7. The molecule has 0 aliphatic rings. The van der Waals surface area contributed by atoms with Crippen molar-refractivity contribution in [1.29, 1.82) is 0 Å². The number of benzene rings is 2. The molecule has 1 amide bonds. The van der Waals surface area contributed by atoms with Gasteiger partial charge in [-0.2, -0.15) is 0 Å². The molecule has 2 N–H and O–H groups in total. The Morgan fingerprint density at radius 2 is 1.78 bits per heavy atom. The highest BCUT2D eigenvalue weighted by atomic mass is 19.1. The summed E-state index contributed by atoms with van der Waals surface area (Å²) in [5, 5.41) is 6.00. The van der Waals surface area contributed by atoms with Gasteiger partial charge in [0.25, 0.3) is 5.91 Å². The molecular weight excluding hydrogens is 470 g/mol. The van der Waals surface area contributed by atoms with Gasteiger partial charge in [0.05, 0.1) is 17.7 Å². The number of amides is 1. The lowest BCUT2D eigenvalue weighted by molar-refractivity contribution is 0.102. The molecule has 0 aliphatic heterocycles. The van der Waals surface area contributed by atoms with Crippen LogP contribution in [0, 0.1) is 11.6 Å². The number of rotatable bonds is 10. The van der Waals surface area contributed by atoms with Gasteiger partial charge in [0.2, 0.25) is 0 Å². The summed E-state index contributed by atoms with van der Waals surface area (Å²) in [7, 11) is 1.83. The summed E-state index contributed by atoms with van der Waals surface area (Å²) in [5.41, 5.74) is 0.593. The summed E-state index contributed by atoms with van der Waals surface area (Å²) in [6.45, 7) is 3.27. The average Bonchev–Trinajstić information content (AvgIpc) is 2.87.